The molecule has 29 heavy (non-hydrogen) atoms. The molecule has 1 amide bonds. The zero-order chi connectivity index (χ0) is 21.3. The van der Waals surface area contributed by atoms with E-state index in [1.165, 1.54) is 5.56 Å². The third-order valence-corrected chi connectivity index (χ3v) is 4.56. The van der Waals surface area contributed by atoms with Gasteiger partial charge in [0, 0.05) is 26.7 Å². The summed E-state index contributed by atoms with van der Waals surface area (Å²) in [5.41, 5.74) is 0.752. The summed E-state index contributed by atoms with van der Waals surface area (Å²) in [4.78, 5) is 18.5. The number of aryl methyl sites for hydroxylation is 1. The minimum Gasteiger partial charge on any atom is -0.494 e. The fourth-order valence-corrected chi connectivity index (χ4v) is 3.13. The molecule has 162 valence electrons. The van der Waals surface area contributed by atoms with Crippen LogP contribution < -0.4 is 15.4 Å². The van der Waals surface area contributed by atoms with Crippen molar-refractivity contribution in [2.24, 2.45) is 4.99 Å². The van der Waals surface area contributed by atoms with Gasteiger partial charge in [0.15, 0.2) is 5.96 Å². The molecule has 1 fully saturated rings. The molecule has 2 rings (SSSR count). The third-order valence-electron chi connectivity index (χ3n) is 4.56. The van der Waals surface area contributed by atoms with E-state index in [0.717, 1.165) is 50.6 Å². The van der Waals surface area contributed by atoms with Crippen molar-refractivity contribution in [1.82, 2.24) is 15.5 Å². The SMILES string of the molecule is CN=C(NCCCCOc1ccc(C)cc1)N1CCC(NC(=O)OC(C)(C)C)C1. The number of nitrogens with zero attached hydrogens (tertiary/aromatic N) is 2. The van der Waals surface area contributed by atoms with Crippen LogP contribution in [-0.2, 0) is 4.74 Å². The van der Waals surface area contributed by atoms with E-state index < -0.39 is 5.60 Å². The van der Waals surface area contributed by atoms with E-state index in [-0.39, 0.29) is 12.1 Å². The third kappa shape index (κ3) is 8.62. The highest BCUT2D eigenvalue weighted by atomic mass is 16.6. The van der Waals surface area contributed by atoms with Crippen LogP contribution in [0.1, 0.15) is 45.6 Å². The Labute approximate surface area is 174 Å². The Balaban J connectivity index is 1.62. The van der Waals surface area contributed by atoms with E-state index in [4.69, 9.17) is 9.47 Å². The number of hydrogen-bond donors (Lipinski definition) is 2. The molecule has 1 aliphatic rings. The first-order chi connectivity index (χ1) is 13.8. The standard InChI is InChI=1S/C22H36N4O3/c1-17-8-10-19(11-9-17)28-15-7-6-13-24-20(23-5)26-14-12-18(16-26)25-21(27)29-22(2,3)4/h8-11,18H,6-7,12-16H2,1-5H3,(H,23,24)(H,25,27). The highest BCUT2D eigenvalue weighted by Crippen LogP contribution is 2.13. The summed E-state index contributed by atoms with van der Waals surface area (Å²) in [7, 11) is 1.79. The van der Waals surface area contributed by atoms with Gasteiger partial charge in [-0.2, -0.15) is 0 Å². The summed E-state index contributed by atoms with van der Waals surface area (Å²) < 4.78 is 11.1. The Hall–Kier alpha value is -2.44. The first-order valence-electron chi connectivity index (χ1n) is 10.4. The average Bonchev–Trinajstić information content (AvgIpc) is 3.09. The smallest absolute Gasteiger partial charge is 0.407 e. The molecule has 1 saturated heterocycles. The maximum atomic E-state index is 11.9. The number of hydrogen-bond acceptors (Lipinski definition) is 4. The number of amides is 1. The van der Waals surface area contributed by atoms with Gasteiger partial charge in [-0.25, -0.2) is 4.79 Å². The van der Waals surface area contributed by atoms with Crippen molar-refractivity contribution in [3.05, 3.63) is 29.8 Å². The first kappa shape index (κ1) is 22.8. The van der Waals surface area contributed by atoms with Crippen LogP contribution in [0.15, 0.2) is 29.3 Å². The molecule has 0 saturated carbocycles. The number of carbonyl (C=O) groups is 1. The molecule has 0 bridgehead atoms. The molecule has 1 unspecified atom stereocenters. The Morgan fingerprint density at radius 1 is 1.24 bits per heavy atom. The van der Waals surface area contributed by atoms with Crippen LogP contribution in [0.2, 0.25) is 0 Å². The molecule has 7 heteroatoms. The van der Waals surface area contributed by atoms with E-state index in [1.54, 1.807) is 7.05 Å². The van der Waals surface area contributed by atoms with Gasteiger partial charge in [0.25, 0.3) is 0 Å². The number of carbonyl (C=O) groups excluding carboxylic acids is 1. The summed E-state index contributed by atoms with van der Waals surface area (Å²) >= 11 is 0. The van der Waals surface area contributed by atoms with Crippen molar-refractivity contribution >= 4 is 12.1 Å². The molecule has 1 heterocycles. The molecule has 1 atom stereocenters. The van der Waals surface area contributed by atoms with Gasteiger partial charge in [-0.05, 0) is 59.1 Å². The minimum atomic E-state index is -0.483. The number of guanidine groups is 1. The van der Waals surface area contributed by atoms with Crippen LogP contribution in [0.5, 0.6) is 5.75 Å². The molecule has 1 aromatic carbocycles. The number of aliphatic imine (C=N–C) groups is 1. The predicted octanol–water partition coefficient (Wildman–Crippen LogP) is 3.33. The topological polar surface area (TPSA) is 75.2 Å². The lowest BCUT2D eigenvalue weighted by Gasteiger charge is -2.23. The molecule has 0 aromatic heterocycles. The molecule has 1 aromatic rings. The van der Waals surface area contributed by atoms with Crippen molar-refractivity contribution < 1.29 is 14.3 Å². The van der Waals surface area contributed by atoms with Crippen molar-refractivity contribution in [3.63, 3.8) is 0 Å². The molecular formula is C22H36N4O3. The molecule has 0 aliphatic carbocycles. The maximum absolute atomic E-state index is 11.9. The molecular weight excluding hydrogens is 368 g/mol. The highest BCUT2D eigenvalue weighted by Gasteiger charge is 2.27. The largest absolute Gasteiger partial charge is 0.494 e. The van der Waals surface area contributed by atoms with E-state index in [0.29, 0.717) is 6.61 Å². The van der Waals surface area contributed by atoms with Crippen LogP contribution in [-0.4, -0.2) is 61.9 Å². The minimum absolute atomic E-state index is 0.0753. The van der Waals surface area contributed by atoms with Crippen molar-refractivity contribution in [2.45, 2.75) is 58.6 Å². The lowest BCUT2D eigenvalue weighted by Crippen LogP contribution is -2.44. The van der Waals surface area contributed by atoms with Crippen molar-refractivity contribution in [2.75, 3.05) is 33.3 Å². The second-order valence-corrected chi connectivity index (χ2v) is 8.42. The van der Waals surface area contributed by atoms with Gasteiger partial charge < -0.3 is 25.0 Å². The zero-order valence-corrected chi connectivity index (χ0v) is 18.5. The second-order valence-electron chi connectivity index (χ2n) is 8.42. The van der Waals surface area contributed by atoms with Crippen molar-refractivity contribution in [1.29, 1.82) is 0 Å². The Morgan fingerprint density at radius 2 is 1.97 bits per heavy atom. The second kappa shape index (κ2) is 10.9. The van der Waals surface area contributed by atoms with Gasteiger partial charge in [-0.1, -0.05) is 17.7 Å². The summed E-state index contributed by atoms with van der Waals surface area (Å²) in [6.45, 7) is 10.8. The monoisotopic (exact) mass is 404 g/mol. The number of nitrogens with one attached hydrogen (secondary N) is 2. The molecule has 7 nitrogen and oxygen atoms in total. The Morgan fingerprint density at radius 3 is 2.62 bits per heavy atom. The number of rotatable bonds is 7. The van der Waals surface area contributed by atoms with E-state index in [2.05, 4.69) is 39.6 Å². The first-order valence-corrected chi connectivity index (χ1v) is 10.4. The van der Waals surface area contributed by atoms with Crippen LogP contribution in [0.25, 0.3) is 0 Å². The quantitative estimate of drug-likeness (QED) is 0.414. The summed E-state index contributed by atoms with van der Waals surface area (Å²) in [6.07, 6.45) is 2.49. The fourth-order valence-electron chi connectivity index (χ4n) is 3.13. The van der Waals surface area contributed by atoms with Crippen LogP contribution in [0.4, 0.5) is 4.79 Å². The van der Waals surface area contributed by atoms with E-state index in [9.17, 15) is 4.79 Å². The van der Waals surface area contributed by atoms with E-state index in [1.807, 2.05) is 32.9 Å². The summed E-state index contributed by atoms with van der Waals surface area (Å²) in [5, 5.41) is 6.35. The van der Waals surface area contributed by atoms with Gasteiger partial charge in [-0.3, -0.25) is 4.99 Å². The highest BCUT2D eigenvalue weighted by molar-refractivity contribution is 5.80. The van der Waals surface area contributed by atoms with Crippen LogP contribution >= 0.6 is 0 Å². The number of alkyl carbamates (subject to hydrolysis) is 1. The predicted molar refractivity (Wildman–Crippen MR) is 117 cm³/mol. The normalized spacial score (nSPS) is 17.2. The number of likely N-dealkylation sites (tertiary alicyclic amines) is 1. The number of ether oxygens (including phenoxy) is 2. The lowest BCUT2D eigenvalue weighted by molar-refractivity contribution is 0.0507. The number of unbranched alkanes of at least 4 members (excludes halogenated alkanes) is 1. The average molecular weight is 405 g/mol. The van der Waals surface area contributed by atoms with Crippen LogP contribution in [0.3, 0.4) is 0 Å². The molecule has 0 radical (unpaired) electrons. The molecule has 1 aliphatic heterocycles. The van der Waals surface area contributed by atoms with Crippen LogP contribution in [0, 0.1) is 6.92 Å². The molecule has 0 spiro atoms. The lowest BCUT2D eigenvalue weighted by atomic mass is 10.2. The van der Waals surface area contributed by atoms with Crippen molar-refractivity contribution in [3.8, 4) is 5.75 Å². The summed E-state index contributed by atoms with van der Waals surface area (Å²) in [6, 6.07) is 8.20. The Kier molecular flexibility index (Phi) is 8.61. The van der Waals surface area contributed by atoms with Gasteiger partial charge >= 0.3 is 6.09 Å². The number of benzene rings is 1. The Bertz CT molecular complexity index is 668. The van der Waals surface area contributed by atoms with Gasteiger partial charge in [-0.15, -0.1) is 0 Å². The fraction of sp³-hybridized carbons (Fsp3) is 0.636. The zero-order valence-electron chi connectivity index (χ0n) is 18.5. The van der Waals surface area contributed by atoms with E-state index >= 15 is 0 Å². The summed E-state index contributed by atoms with van der Waals surface area (Å²) in [5.74, 6) is 1.79. The van der Waals surface area contributed by atoms with Gasteiger partial charge in [0.1, 0.15) is 11.4 Å². The van der Waals surface area contributed by atoms with Gasteiger partial charge in [0.2, 0.25) is 0 Å². The molecule has 2 N–H and O–H groups in total. The maximum Gasteiger partial charge on any atom is 0.407 e. The van der Waals surface area contributed by atoms with Gasteiger partial charge in [0.05, 0.1) is 12.6 Å².